The number of nitrogens with zero attached hydrogens (tertiary/aromatic N) is 2. The van der Waals surface area contributed by atoms with Gasteiger partial charge in [-0.3, -0.25) is 0 Å². The maximum Gasteiger partial charge on any atom is 0.125 e. The van der Waals surface area contributed by atoms with E-state index in [1.165, 1.54) is 0 Å². The van der Waals surface area contributed by atoms with E-state index in [1.807, 2.05) is 13.0 Å². The van der Waals surface area contributed by atoms with Gasteiger partial charge in [-0.15, -0.1) is 0 Å². The second-order valence-corrected chi connectivity index (χ2v) is 4.78. The molecule has 1 aliphatic rings. The zero-order valence-corrected chi connectivity index (χ0v) is 9.95. The van der Waals surface area contributed by atoms with Crippen molar-refractivity contribution in [3.8, 4) is 0 Å². The summed E-state index contributed by atoms with van der Waals surface area (Å²) in [5.74, 6) is 0.680. The van der Waals surface area contributed by atoms with E-state index >= 15 is 0 Å². The third-order valence-corrected chi connectivity index (χ3v) is 3.60. The van der Waals surface area contributed by atoms with Gasteiger partial charge in [0.25, 0.3) is 0 Å². The highest BCUT2D eigenvalue weighted by atomic mass is 16.3. The normalized spacial score (nSPS) is 32.9. The lowest BCUT2D eigenvalue weighted by Gasteiger charge is -2.21. The number of rotatable bonds is 3. The number of aromatic nitrogens is 2. The predicted octanol–water partition coefficient (Wildman–Crippen LogP) is -0.356. The van der Waals surface area contributed by atoms with Crippen molar-refractivity contribution >= 4 is 0 Å². The van der Waals surface area contributed by atoms with Crippen LogP contribution < -0.4 is 5.73 Å². The van der Waals surface area contributed by atoms with Gasteiger partial charge >= 0.3 is 0 Å². The van der Waals surface area contributed by atoms with Gasteiger partial charge in [-0.2, -0.15) is 0 Å². The summed E-state index contributed by atoms with van der Waals surface area (Å²) in [5, 5.41) is 19.1. The molecule has 0 aliphatic heterocycles. The molecular formula is C12H19N3O2. The van der Waals surface area contributed by atoms with Crippen LogP contribution >= 0.6 is 0 Å². The van der Waals surface area contributed by atoms with Crippen LogP contribution in [0.15, 0.2) is 12.3 Å². The molecule has 1 heterocycles. The lowest BCUT2D eigenvalue weighted by atomic mass is 9.89. The third-order valence-electron chi connectivity index (χ3n) is 3.60. The van der Waals surface area contributed by atoms with Gasteiger partial charge in [0.05, 0.1) is 6.10 Å². The number of aryl methyl sites for hydroxylation is 1. The molecule has 1 saturated carbocycles. The Labute approximate surface area is 101 Å². The Hall–Kier alpha value is -1.04. The topological polar surface area (TPSA) is 92.3 Å². The molecule has 1 fully saturated rings. The van der Waals surface area contributed by atoms with E-state index in [0.717, 1.165) is 11.5 Å². The van der Waals surface area contributed by atoms with Gasteiger partial charge in [0, 0.05) is 30.5 Å². The molecular weight excluding hydrogens is 218 g/mol. The molecule has 0 radical (unpaired) electrons. The molecule has 17 heavy (non-hydrogen) atoms. The van der Waals surface area contributed by atoms with Crippen LogP contribution in [-0.2, 0) is 6.42 Å². The van der Waals surface area contributed by atoms with E-state index in [-0.39, 0.29) is 24.5 Å². The highest BCUT2D eigenvalue weighted by molar-refractivity contribution is 5.06. The van der Waals surface area contributed by atoms with Crippen LogP contribution in [0, 0.1) is 18.8 Å². The number of nitrogens with two attached hydrogens (primary N) is 1. The Balaban J connectivity index is 2.12. The number of hydrogen-bond acceptors (Lipinski definition) is 5. The molecule has 5 heteroatoms. The van der Waals surface area contributed by atoms with Crippen molar-refractivity contribution in [3.05, 3.63) is 23.8 Å². The molecule has 94 valence electrons. The number of hydrogen-bond donors (Lipinski definition) is 3. The van der Waals surface area contributed by atoms with E-state index in [2.05, 4.69) is 9.97 Å². The van der Waals surface area contributed by atoms with E-state index in [4.69, 9.17) is 5.73 Å². The Kier molecular flexibility index (Phi) is 3.71. The molecule has 0 amide bonds. The quantitative estimate of drug-likeness (QED) is 0.668. The largest absolute Gasteiger partial charge is 0.396 e. The first kappa shape index (κ1) is 12.4. The van der Waals surface area contributed by atoms with Crippen molar-refractivity contribution in [2.24, 2.45) is 17.6 Å². The standard InChI is InChI=1S/C12H19N3O2/c1-7-14-3-2-8(15-7)4-9-10(6-16)12(17)5-11(9)13/h2-3,9-12,16-17H,4-6,13H2,1H3/t9-,10-,11-,12-/m1/s1. The van der Waals surface area contributed by atoms with Gasteiger partial charge in [-0.1, -0.05) is 0 Å². The first-order valence-corrected chi connectivity index (χ1v) is 5.95. The highest BCUT2D eigenvalue weighted by Gasteiger charge is 2.40. The highest BCUT2D eigenvalue weighted by Crippen LogP contribution is 2.33. The fourth-order valence-electron chi connectivity index (χ4n) is 2.65. The molecule has 2 rings (SSSR count). The van der Waals surface area contributed by atoms with Crippen LogP contribution in [0.3, 0.4) is 0 Å². The monoisotopic (exact) mass is 237 g/mol. The minimum atomic E-state index is -0.497. The van der Waals surface area contributed by atoms with E-state index in [1.54, 1.807) is 6.20 Å². The Morgan fingerprint density at radius 1 is 1.47 bits per heavy atom. The molecule has 5 nitrogen and oxygen atoms in total. The molecule has 0 saturated heterocycles. The Morgan fingerprint density at radius 2 is 2.24 bits per heavy atom. The molecule has 0 aromatic carbocycles. The van der Waals surface area contributed by atoms with Crippen LogP contribution in [0.5, 0.6) is 0 Å². The van der Waals surface area contributed by atoms with Crippen molar-refractivity contribution < 1.29 is 10.2 Å². The zero-order valence-electron chi connectivity index (χ0n) is 9.95. The summed E-state index contributed by atoms with van der Waals surface area (Å²) in [7, 11) is 0. The Bertz CT molecular complexity index is 386. The average Bonchev–Trinajstić information content (AvgIpc) is 2.53. The first-order chi connectivity index (χ1) is 8.11. The van der Waals surface area contributed by atoms with E-state index in [0.29, 0.717) is 12.8 Å². The second-order valence-electron chi connectivity index (χ2n) is 4.78. The molecule has 0 unspecified atom stereocenters. The zero-order chi connectivity index (χ0) is 12.4. The third kappa shape index (κ3) is 2.62. The summed E-state index contributed by atoms with van der Waals surface area (Å²) in [4.78, 5) is 8.38. The number of aliphatic hydroxyl groups excluding tert-OH is 2. The van der Waals surface area contributed by atoms with Gasteiger partial charge in [-0.05, 0) is 31.7 Å². The van der Waals surface area contributed by atoms with Gasteiger partial charge in [0.2, 0.25) is 0 Å². The summed E-state index contributed by atoms with van der Waals surface area (Å²) in [6, 6.07) is 1.79. The van der Waals surface area contributed by atoms with Crippen LogP contribution in [-0.4, -0.2) is 38.9 Å². The summed E-state index contributed by atoms with van der Waals surface area (Å²) < 4.78 is 0. The fraction of sp³-hybridized carbons (Fsp3) is 0.667. The van der Waals surface area contributed by atoms with Gasteiger partial charge in [0.15, 0.2) is 0 Å². The van der Waals surface area contributed by atoms with Crippen LogP contribution in [0.2, 0.25) is 0 Å². The Morgan fingerprint density at radius 3 is 2.88 bits per heavy atom. The average molecular weight is 237 g/mol. The summed E-state index contributed by atoms with van der Waals surface area (Å²) in [6.07, 6.45) is 2.47. The van der Waals surface area contributed by atoms with E-state index < -0.39 is 6.10 Å². The van der Waals surface area contributed by atoms with E-state index in [9.17, 15) is 10.2 Å². The summed E-state index contributed by atoms with van der Waals surface area (Å²) in [5.41, 5.74) is 6.93. The number of aliphatic hydroxyl groups is 2. The minimum Gasteiger partial charge on any atom is -0.396 e. The summed E-state index contributed by atoms with van der Waals surface area (Å²) in [6.45, 7) is 1.82. The first-order valence-electron chi connectivity index (χ1n) is 5.95. The fourth-order valence-corrected chi connectivity index (χ4v) is 2.65. The van der Waals surface area contributed by atoms with Crippen molar-refractivity contribution in [2.75, 3.05) is 6.61 Å². The lowest BCUT2D eigenvalue weighted by Crippen LogP contribution is -2.31. The molecule has 0 spiro atoms. The molecule has 4 atom stereocenters. The molecule has 4 N–H and O–H groups in total. The van der Waals surface area contributed by atoms with Crippen molar-refractivity contribution in [1.82, 2.24) is 9.97 Å². The van der Waals surface area contributed by atoms with Crippen molar-refractivity contribution in [1.29, 1.82) is 0 Å². The molecule has 1 aliphatic carbocycles. The van der Waals surface area contributed by atoms with Crippen LogP contribution in [0.25, 0.3) is 0 Å². The minimum absolute atomic E-state index is 0.0242. The summed E-state index contributed by atoms with van der Waals surface area (Å²) >= 11 is 0. The lowest BCUT2D eigenvalue weighted by molar-refractivity contribution is 0.0718. The predicted molar refractivity (Wildman–Crippen MR) is 63.1 cm³/mol. The van der Waals surface area contributed by atoms with Crippen molar-refractivity contribution in [3.63, 3.8) is 0 Å². The van der Waals surface area contributed by atoms with Crippen LogP contribution in [0.1, 0.15) is 17.9 Å². The SMILES string of the molecule is Cc1nccc(C[C@@H]2[C@@H](CO)[C@H](O)C[C@H]2N)n1. The smallest absolute Gasteiger partial charge is 0.125 e. The van der Waals surface area contributed by atoms with Gasteiger partial charge in [0.1, 0.15) is 5.82 Å². The molecule has 1 aromatic heterocycles. The van der Waals surface area contributed by atoms with Gasteiger partial charge in [-0.25, -0.2) is 9.97 Å². The van der Waals surface area contributed by atoms with Crippen molar-refractivity contribution in [2.45, 2.75) is 31.9 Å². The maximum atomic E-state index is 9.79. The molecule has 1 aromatic rings. The van der Waals surface area contributed by atoms with Gasteiger partial charge < -0.3 is 15.9 Å². The van der Waals surface area contributed by atoms with Crippen LogP contribution in [0.4, 0.5) is 0 Å². The molecule has 0 bridgehead atoms. The maximum absolute atomic E-state index is 9.79. The second kappa shape index (κ2) is 5.08.